The van der Waals surface area contributed by atoms with Crippen molar-refractivity contribution in [3.63, 3.8) is 0 Å². The van der Waals surface area contributed by atoms with Gasteiger partial charge in [0.2, 0.25) is 6.10 Å². The van der Waals surface area contributed by atoms with Gasteiger partial charge in [0.1, 0.15) is 18.1 Å². The predicted molar refractivity (Wildman–Crippen MR) is 85.9 cm³/mol. The molecule has 7 nitrogen and oxygen atoms in total. The van der Waals surface area contributed by atoms with Crippen molar-refractivity contribution >= 4 is 11.9 Å². The molecule has 0 N–H and O–H groups in total. The molecule has 0 radical (unpaired) electrons. The summed E-state index contributed by atoms with van der Waals surface area (Å²) < 4.78 is 20.7. The van der Waals surface area contributed by atoms with Crippen molar-refractivity contribution in [3.05, 3.63) is 46.8 Å². The quantitative estimate of drug-likeness (QED) is 0.742. The van der Waals surface area contributed by atoms with Gasteiger partial charge in [-0.05, 0) is 31.5 Å². The van der Waals surface area contributed by atoms with E-state index in [4.69, 9.17) is 18.7 Å². The van der Waals surface area contributed by atoms with Gasteiger partial charge in [0, 0.05) is 6.42 Å². The van der Waals surface area contributed by atoms with Crippen molar-refractivity contribution in [2.24, 2.45) is 0 Å². The zero-order chi connectivity index (χ0) is 17.8. The molecule has 132 valence electrons. The first kappa shape index (κ1) is 17.0. The Labute approximate surface area is 144 Å². The lowest BCUT2D eigenvalue weighted by molar-refractivity contribution is -0.159. The fraction of sp³-hybridized carbons (Fsp3) is 0.389. The smallest absolute Gasteiger partial charge is 0.347 e. The van der Waals surface area contributed by atoms with Crippen LogP contribution in [0.4, 0.5) is 0 Å². The zero-order valence-corrected chi connectivity index (χ0v) is 14.1. The number of hydrogen-bond acceptors (Lipinski definition) is 7. The average molecular weight is 345 g/mol. The number of benzene rings is 1. The van der Waals surface area contributed by atoms with Crippen LogP contribution in [-0.2, 0) is 32.1 Å². The summed E-state index contributed by atoms with van der Waals surface area (Å²) in [5.41, 5.74) is 2.51. The van der Waals surface area contributed by atoms with E-state index in [9.17, 15) is 9.59 Å². The molecule has 0 amide bonds. The van der Waals surface area contributed by atoms with Crippen molar-refractivity contribution in [3.8, 4) is 5.75 Å². The number of aromatic nitrogens is 1. The number of aryl methyl sites for hydroxylation is 2. The molecule has 0 aliphatic carbocycles. The monoisotopic (exact) mass is 345 g/mol. The molecule has 1 aliphatic rings. The molecule has 1 aliphatic heterocycles. The molecule has 2 aromatic rings. The highest BCUT2D eigenvalue weighted by Crippen LogP contribution is 2.18. The van der Waals surface area contributed by atoms with E-state index in [-0.39, 0.29) is 6.42 Å². The Hall–Kier alpha value is -2.83. The molecule has 1 aromatic heterocycles. The van der Waals surface area contributed by atoms with E-state index < -0.39 is 18.0 Å². The molecule has 1 atom stereocenters. The van der Waals surface area contributed by atoms with Crippen LogP contribution >= 0.6 is 0 Å². The molecule has 1 saturated heterocycles. The van der Waals surface area contributed by atoms with Crippen LogP contribution in [0.5, 0.6) is 5.75 Å². The molecular formula is C18H19NO6. The summed E-state index contributed by atoms with van der Waals surface area (Å²) in [6, 6.07) is 7.14. The fourth-order valence-corrected chi connectivity index (χ4v) is 2.52. The average Bonchev–Trinajstić information content (AvgIpc) is 3.13. The van der Waals surface area contributed by atoms with Crippen LogP contribution in [-0.4, -0.2) is 29.8 Å². The van der Waals surface area contributed by atoms with Crippen LogP contribution in [0.3, 0.4) is 0 Å². The van der Waals surface area contributed by atoms with E-state index in [1.807, 2.05) is 13.8 Å². The third kappa shape index (κ3) is 4.17. The fourth-order valence-electron chi connectivity index (χ4n) is 2.52. The van der Waals surface area contributed by atoms with Crippen LogP contribution in [0.25, 0.3) is 0 Å². The molecule has 0 spiro atoms. The summed E-state index contributed by atoms with van der Waals surface area (Å²) in [5.74, 6) is 0.489. The van der Waals surface area contributed by atoms with Crippen molar-refractivity contribution in [1.29, 1.82) is 0 Å². The van der Waals surface area contributed by atoms with Gasteiger partial charge in [-0.3, -0.25) is 4.79 Å². The van der Waals surface area contributed by atoms with Crippen molar-refractivity contribution in [2.75, 3.05) is 6.61 Å². The molecular weight excluding hydrogens is 326 g/mol. The van der Waals surface area contributed by atoms with Gasteiger partial charge in [-0.25, -0.2) is 4.79 Å². The van der Waals surface area contributed by atoms with Crippen molar-refractivity contribution in [1.82, 2.24) is 5.16 Å². The topological polar surface area (TPSA) is 87.9 Å². The molecule has 1 fully saturated rings. The predicted octanol–water partition coefficient (Wildman–Crippen LogP) is 2.27. The Morgan fingerprint density at radius 1 is 1.28 bits per heavy atom. The SMILES string of the molecule is Cc1noc(C)c1COc1ccc(CC(=O)O[C@@H]2CCOC2=O)cc1. The Morgan fingerprint density at radius 2 is 2.04 bits per heavy atom. The van der Waals surface area contributed by atoms with Gasteiger partial charge < -0.3 is 18.7 Å². The molecule has 0 saturated carbocycles. The van der Waals surface area contributed by atoms with Crippen LogP contribution < -0.4 is 4.74 Å². The van der Waals surface area contributed by atoms with E-state index in [2.05, 4.69) is 5.16 Å². The minimum Gasteiger partial charge on any atom is -0.489 e. The molecule has 3 rings (SSSR count). The number of esters is 2. The van der Waals surface area contributed by atoms with Crippen molar-refractivity contribution in [2.45, 2.75) is 39.4 Å². The molecule has 25 heavy (non-hydrogen) atoms. The summed E-state index contributed by atoms with van der Waals surface area (Å²) in [6.07, 6.45) is -0.266. The first-order valence-corrected chi connectivity index (χ1v) is 8.02. The number of cyclic esters (lactones) is 1. The van der Waals surface area contributed by atoms with E-state index in [1.165, 1.54) is 0 Å². The number of hydrogen-bond donors (Lipinski definition) is 0. The van der Waals surface area contributed by atoms with Gasteiger partial charge in [-0.2, -0.15) is 0 Å². The van der Waals surface area contributed by atoms with E-state index in [1.54, 1.807) is 24.3 Å². The van der Waals surface area contributed by atoms with Gasteiger partial charge in [-0.15, -0.1) is 0 Å². The van der Waals surface area contributed by atoms with Crippen LogP contribution in [0.1, 0.15) is 29.0 Å². The first-order chi connectivity index (χ1) is 12.0. The summed E-state index contributed by atoms with van der Waals surface area (Å²) >= 11 is 0. The van der Waals surface area contributed by atoms with Crippen LogP contribution in [0.2, 0.25) is 0 Å². The highest BCUT2D eigenvalue weighted by atomic mass is 16.6. The summed E-state index contributed by atoms with van der Waals surface area (Å²) in [4.78, 5) is 23.2. The van der Waals surface area contributed by atoms with E-state index in [0.717, 1.165) is 22.6 Å². The van der Waals surface area contributed by atoms with Gasteiger partial charge in [0.25, 0.3) is 0 Å². The second kappa shape index (κ2) is 7.38. The lowest BCUT2D eigenvalue weighted by Crippen LogP contribution is -2.23. The minimum absolute atomic E-state index is 0.0912. The summed E-state index contributed by atoms with van der Waals surface area (Å²) in [7, 11) is 0. The Balaban J connectivity index is 1.51. The maximum Gasteiger partial charge on any atom is 0.347 e. The molecule has 1 aromatic carbocycles. The first-order valence-electron chi connectivity index (χ1n) is 8.02. The van der Waals surface area contributed by atoms with Crippen LogP contribution in [0, 0.1) is 13.8 Å². The maximum absolute atomic E-state index is 11.9. The van der Waals surface area contributed by atoms with Crippen molar-refractivity contribution < 1.29 is 28.3 Å². The third-order valence-corrected chi connectivity index (χ3v) is 4.00. The Kier molecular flexibility index (Phi) is 5.02. The van der Waals surface area contributed by atoms with Gasteiger partial charge in [-0.1, -0.05) is 17.3 Å². The standard InChI is InChI=1S/C18H19NO6/c1-11-15(12(2)25-19-11)10-23-14-5-3-13(4-6-14)9-17(20)24-16-7-8-22-18(16)21/h3-6,16H,7-10H2,1-2H3/t16-/m1/s1. The molecule has 2 heterocycles. The largest absolute Gasteiger partial charge is 0.489 e. The van der Waals surface area contributed by atoms with Gasteiger partial charge in [0.15, 0.2) is 0 Å². The summed E-state index contributed by atoms with van der Waals surface area (Å²) in [5, 5.41) is 3.88. The molecule has 7 heteroatoms. The summed E-state index contributed by atoms with van der Waals surface area (Å²) in [6.45, 7) is 4.37. The molecule has 0 unspecified atom stereocenters. The minimum atomic E-state index is -0.773. The lowest BCUT2D eigenvalue weighted by atomic mass is 10.1. The number of rotatable bonds is 6. The van der Waals surface area contributed by atoms with E-state index >= 15 is 0 Å². The number of carbonyl (C=O) groups is 2. The van der Waals surface area contributed by atoms with Crippen LogP contribution in [0.15, 0.2) is 28.8 Å². The van der Waals surface area contributed by atoms with E-state index in [0.29, 0.717) is 25.4 Å². The molecule has 0 bridgehead atoms. The Bertz CT molecular complexity index is 745. The lowest BCUT2D eigenvalue weighted by Gasteiger charge is -2.09. The van der Waals surface area contributed by atoms with Gasteiger partial charge in [0.05, 0.1) is 24.3 Å². The number of carbonyl (C=O) groups excluding carboxylic acids is 2. The normalized spacial score (nSPS) is 16.6. The zero-order valence-electron chi connectivity index (χ0n) is 14.1. The van der Waals surface area contributed by atoms with Gasteiger partial charge >= 0.3 is 11.9 Å². The number of ether oxygens (including phenoxy) is 3. The second-order valence-corrected chi connectivity index (χ2v) is 5.85. The third-order valence-electron chi connectivity index (χ3n) is 4.00. The highest BCUT2D eigenvalue weighted by Gasteiger charge is 2.30. The number of nitrogens with zero attached hydrogens (tertiary/aromatic N) is 1. The maximum atomic E-state index is 11.9. The Morgan fingerprint density at radius 3 is 2.64 bits per heavy atom. The highest BCUT2D eigenvalue weighted by molar-refractivity contribution is 5.81. The second-order valence-electron chi connectivity index (χ2n) is 5.85.